The molecule has 0 aliphatic carbocycles. The monoisotopic (exact) mass is 194 g/mol. The molecule has 0 aromatic carbocycles. The first-order valence-electron chi connectivity index (χ1n) is 6.40. The number of fused-ring (bicyclic) bond motifs is 2. The van der Waals surface area contributed by atoms with Gasteiger partial charge in [-0.1, -0.05) is 56.5 Å². The van der Waals surface area contributed by atoms with E-state index in [-0.39, 0.29) is 0 Å². The van der Waals surface area contributed by atoms with E-state index in [2.05, 4.69) is 0 Å². The lowest BCUT2D eigenvalue weighted by Crippen LogP contribution is -2.34. The van der Waals surface area contributed by atoms with Crippen LogP contribution in [-0.4, -0.2) is 20.4 Å². The van der Waals surface area contributed by atoms with Crippen molar-refractivity contribution in [2.24, 2.45) is 0 Å². The molecule has 0 amide bonds. The summed E-state index contributed by atoms with van der Waals surface area (Å²) >= 11 is 0. The van der Waals surface area contributed by atoms with Gasteiger partial charge in [-0.25, -0.2) is 0 Å². The molecule has 0 saturated carbocycles. The van der Waals surface area contributed by atoms with Crippen LogP contribution >= 0.6 is 0 Å². The van der Waals surface area contributed by atoms with Crippen LogP contribution in [0.4, 0.5) is 0 Å². The predicted octanol–water partition coefficient (Wildman–Crippen LogP) is 3.63. The largest absolute Gasteiger partial charge is 0.385 e. The highest BCUT2D eigenvalue weighted by Crippen LogP contribution is 2.47. The molecule has 0 aromatic rings. The predicted molar refractivity (Wildman–Crippen MR) is 62.3 cm³/mol. The molecule has 2 aliphatic heterocycles. The Morgan fingerprint density at radius 2 is 1.64 bits per heavy atom. The highest BCUT2D eigenvalue weighted by molar-refractivity contribution is 6.62. The SMILES string of the molecule is COCCCB1C2CCCC1CCC2. The summed E-state index contributed by atoms with van der Waals surface area (Å²) in [7, 11) is 1.82. The average Bonchev–Trinajstić information content (AvgIpc) is 2.17. The van der Waals surface area contributed by atoms with Crippen molar-refractivity contribution in [3.63, 3.8) is 0 Å². The third kappa shape index (κ3) is 2.33. The van der Waals surface area contributed by atoms with Crippen molar-refractivity contribution in [1.29, 1.82) is 0 Å². The van der Waals surface area contributed by atoms with Crippen LogP contribution in [0.2, 0.25) is 18.0 Å². The molecule has 2 heteroatoms. The first-order valence-corrected chi connectivity index (χ1v) is 6.40. The highest BCUT2D eigenvalue weighted by atomic mass is 16.5. The van der Waals surface area contributed by atoms with Gasteiger partial charge in [-0.2, -0.15) is 0 Å². The summed E-state index contributed by atoms with van der Waals surface area (Å²) in [6, 6.07) is 0. The Hall–Kier alpha value is 0.0249. The number of methoxy groups -OCH3 is 1. The van der Waals surface area contributed by atoms with Gasteiger partial charge in [0.1, 0.15) is 6.71 Å². The van der Waals surface area contributed by atoms with Crippen LogP contribution in [-0.2, 0) is 4.74 Å². The van der Waals surface area contributed by atoms with E-state index in [9.17, 15) is 0 Å². The van der Waals surface area contributed by atoms with E-state index in [1.54, 1.807) is 0 Å². The standard InChI is InChI=1S/C12H23BO/c1-14-10-4-9-13-11-5-2-6-12(13)8-3-7-11/h11-12H,2-10H2,1H3. The topological polar surface area (TPSA) is 9.23 Å². The molecule has 0 N–H and O–H groups in total. The molecule has 14 heavy (non-hydrogen) atoms. The molecular weight excluding hydrogens is 171 g/mol. The van der Waals surface area contributed by atoms with Gasteiger partial charge in [0.05, 0.1) is 0 Å². The van der Waals surface area contributed by atoms with Gasteiger partial charge in [0.15, 0.2) is 0 Å². The minimum absolute atomic E-state index is 0.968. The van der Waals surface area contributed by atoms with E-state index >= 15 is 0 Å². The smallest absolute Gasteiger partial charge is 0.146 e. The Kier molecular flexibility index (Phi) is 3.92. The third-order valence-electron chi connectivity index (χ3n) is 4.40. The molecule has 2 rings (SSSR count). The van der Waals surface area contributed by atoms with Crippen molar-refractivity contribution in [3.8, 4) is 0 Å². The summed E-state index contributed by atoms with van der Waals surface area (Å²) in [6.45, 7) is 2.03. The molecule has 2 aliphatic rings. The number of ether oxygens (including phenoxy) is 1. The zero-order valence-corrected chi connectivity index (χ0v) is 9.50. The maximum absolute atomic E-state index is 5.16. The number of rotatable bonds is 4. The summed E-state index contributed by atoms with van der Waals surface area (Å²) in [5.74, 6) is 2.17. The normalized spacial score (nSPS) is 31.9. The van der Waals surface area contributed by atoms with E-state index in [0.717, 1.165) is 25.0 Å². The van der Waals surface area contributed by atoms with E-state index in [0.29, 0.717) is 0 Å². The summed E-state index contributed by atoms with van der Waals surface area (Å²) in [4.78, 5) is 0. The highest BCUT2D eigenvalue weighted by Gasteiger charge is 2.37. The molecule has 2 heterocycles. The van der Waals surface area contributed by atoms with Crippen molar-refractivity contribution in [1.82, 2.24) is 0 Å². The van der Waals surface area contributed by atoms with Crippen LogP contribution in [0.15, 0.2) is 0 Å². The lowest BCUT2D eigenvalue weighted by Gasteiger charge is -2.40. The van der Waals surface area contributed by atoms with Gasteiger partial charge in [-0.15, -0.1) is 0 Å². The summed E-state index contributed by atoms with van der Waals surface area (Å²) in [5.41, 5.74) is 0. The molecule has 2 saturated heterocycles. The zero-order chi connectivity index (χ0) is 9.80. The first-order chi connectivity index (χ1) is 6.92. The maximum atomic E-state index is 5.16. The van der Waals surface area contributed by atoms with Crippen LogP contribution in [0.1, 0.15) is 44.9 Å². The Balaban J connectivity index is 1.82. The number of hydrogen-bond donors (Lipinski definition) is 0. The fourth-order valence-electron chi connectivity index (χ4n) is 3.75. The van der Waals surface area contributed by atoms with Gasteiger partial charge >= 0.3 is 0 Å². The molecule has 0 unspecified atom stereocenters. The minimum atomic E-state index is 0.968. The van der Waals surface area contributed by atoms with Crippen molar-refractivity contribution >= 4 is 6.71 Å². The molecule has 0 spiro atoms. The van der Waals surface area contributed by atoms with Crippen LogP contribution in [0.25, 0.3) is 0 Å². The molecule has 1 nitrogen and oxygen atoms in total. The second-order valence-electron chi connectivity index (χ2n) is 5.18. The molecule has 0 atom stereocenters. The molecule has 0 aromatic heterocycles. The molecule has 80 valence electrons. The van der Waals surface area contributed by atoms with Gasteiger partial charge in [-0.3, -0.25) is 0 Å². The first kappa shape index (κ1) is 10.5. The Morgan fingerprint density at radius 1 is 1.07 bits per heavy atom. The summed E-state index contributed by atoms with van der Waals surface area (Å²) < 4.78 is 5.16. The van der Waals surface area contributed by atoms with Crippen molar-refractivity contribution < 1.29 is 4.74 Å². The minimum Gasteiger partial charge on any atom is -0.385 e. The van der Waals surface area contributed by atoms with Gasteiger partial charge in [0.25, 0.3) is 0 Å². The van der Waals surface area contributed by atoms with Crippen LogP contribution < -0.4 is 0 Å². The molecular formula is C12H23BO. The lowest BCUT2D eigenvalue weighted by atomic mass is 9.26. The van der Waals surface area contributed by atoms with Crippen LogP contribution in [0.5, 0.6) is 0 Å². The summed E-state index contributed by atoms with van der Waals surface area (Å²) in [5, 5.41) is 0. The molecule has 0 radical (unpaired) electrons. The van der Waals surface area contributed by atoms with Gasteiger partial charge < -0.3 is 4.74 Å². The quantitative estimate of drug-likeness (QED) is 0.490. The van der Waals surface area contributed by atoms with Crippen molar-refractivity contribution in [2.45, 2.75) is 62.9 Å². The van der Waals surface area contributed by atoms with E-state index in [1.165, 1.54) is 51.3 Å². The molecule has 2 bridgehead atoms. The fraction of sp³-hybridized carbons (Fsp3) is 1.00. The Morgan fingerprint density at radius 3 is 2.14 bits per heavy atom. The van der Waals surface area contributed by atoms with Crippen molar-refractivity contribution in [3.05, 3.63) is 0 Å². The fourth-order valence-corrected chi connectivity index (χ4v) is 3.75. The van der Waals surface area contributed by atoms with Crippen LogP contribution in [0, 0.1) is 0 Å². The van der Waals surface area contributed by atoms with E-state index in [4.69, 9.17) is 4.74 Å². The number of hydrogen-bond acceptors (Lipinski definition) is 1. The average molecular weight is 194 g/mol. The molecule has 2 fully saturated rings. The van der Waals surface area contributed by atoms with Gasteiger partial charge in [-0.05, 0) is 6.42 Å². The van der Waals surface area contributed by atoms with E-state index in [1.807, 2.05) is 7.11 Å². The summed E-state index contributed by atoms with van der Waals surface area (Å²) in [6.07, 6.45) is 11.8. The van der Waals surface area contributed by atoms with Gasteiger partial charge in [0, 0.05) is 13.7 Å². The Labute approximate surface area is 88.7 Å². The second-order valence-corrected chi connectivity index (χ2v) is 5.18. The third-order valence-corrected chi connectivity index (χ3v) is 4.40. The second kappa shape index (κ2) is 5.20. The van der Waals surface area contributed by atoms with E-state index < -0.39 is 0 Å². The van der Waals surface area contributed by atoms with Crippen LogP contribution in [0.3, 0.4) is 0 Å². The van der Waals surface area contributed by atoms with Crippen molar-refractivity contribution in [2.75, 3.05) is 13.7 Å². The van der Waals surface area contributed by atoms with Gasteiger partial charge in [0.2, 0.25) is 0 Å². The lowest BCUT2D eigenvalue weighted by molar-refractivity contribution is 0.198. The Bertz CT molecular complexity index is 150. The zero-order valence-electron chi connectivity index (χ0n) is 9.50. The maximum Gasteiger partial charge on any atom is 0.146 e.